The molecular weight excluding hydrogens is 346 g/mol. The Morgan fingerprint density at radius 1 is 1.26 bits per heavy atom. The Bertz CT molecular complexity index is 865. The number of nitrogens with zero attached hydrogens (tertiary/aromatic N) is 5. The summed E-state index contributed by atoms with van der Waals surface area (Å²) in [7, 11) is 0. The largest absolute Gasteiger partial charge is 0.334 e. The summed E-state index contributed by atoms with van der Waals surface area (Å²) in [4.78, 5) is 25.6. The SMILES string of the molecule is CC1CCN(C(=O)c2cn(-c3cccc([N+](=O)[O-])c3)nn2)C2CCCCC12. The second-order valence-electron chi connectivity index (χ2n) is 7.61. The fourth-order valence-electron chi connectivity index (χ4n) is 4.55. The third kappa shape index (κ3) is 3.31. The van der Waals surface area contributed by atoms with Crippen LogP contribution in [-0.2, 0) is 0 Å². The van der Waals surface area contributed by atoms with Gasteiger partial charge in [-0.25, -0.2) is 4.68 Å². The molecule has 1 aromatic heterocycles. The van der Waals surface area contributed by atoms with E-state index in [0.717, 1.165) is 25.8 Å². The standard InChI is InChI=1S/C19H23N5O3/c1-13-9-10-22(18-8-3-2-7-16(13)18)19(25)17-12-23(21-20-17)14-5-4-6-15(11-14)24(26)27/h4-6,11-13,16,18H,2-3,7-10H2,1H3. The lowest BCUT2D eigenvalue weighted by atomic mass is 9.72. The topological polar surface area (TPSA) is 94.2 Å². The third-order valence-electron chi connectivity index (χ3n) is 6.02. The van der Waals surface area contributed by atoms with E-state index in [4.69, 9.17) is 0 Å². The Labute approximate surface area is 157 Å². The molecule has 3 atom stereocenters. The van der Waals surface area contributed by atoms with Gasteiger partial charge in [-0.3, -0.25) is 14.9 Å². The average molecular weight is 369 g/mol. The van der Waals surface area contributed by atoms with E-state index >= 15 is 0 Å². The summed E-state index contributed by atoms with van der Waals surface area (Å²) in [5.74, 6) is 1.14. The minimum absolute atomic E-state index is 0.0223. The second-order valence-corrected chi connectivity index (χ2v) is 7.61. The van der Waals surface area contributed by atoms with Crippen molar-refractivity contribution in [2.45, 2.75) is 45.1 Å². The molecule has 27 heavy (non-hydrogen) atoms. The molecule has 2 aliphatic rings. The zero-order chi connectivity index (χ0) is 19.0. The number of amides is 1. The van der Waals surface area contributed by atoms with E-state index in [1.807, 2.05) is 4.90 Å². The number of hydrogen-bond acceptors (Lipinski definition) is 5. The van der Waals surface area contributed by atoms with Crippen LogP contribution in [0, 0.1) is 22.0 Å². The van der Waals surface area contributed by atoms with E-state index in [1.165, 1.54) is 29.7 Å². The first-order valence-electron chi connectivity index (χ1n) is 9.53. The van der Waals surface area contributed by atoms with Gasteiger partial charge in [-0.05, 0) is 37.2 Å². The molecule has 4 rings (SSSR count). The maximum Gasteiger partial charge on any atom is 0.276 e. The normalized spacial score (nSPS) is 25.1. The summed E-state index contributed by atoms with van der Waals surface area (Å²) < 4.78 is 1.42. The van der Waals surface area contributed by atoms with E-state index in [-0.39, 0.29) is 17.6 Å². The maximum absolute atomic E-state index is 13.1. The highest BCUT2D eigenvalue weighted by atomic mass is 16.6. The molecule has 1 saturated heterocycles. The Morgan fingerprint density at radius 3 is 2.89 bits per heavy atom. The smallest absolute Gasteiger partial charge is 0.276 e. The number of rotatable bonds is 3. The number of non-ortho nitro benzene ring substituents is 1. The van der Waals surface area contributed by atoms with Crippen LogP contribution < -0.4 is 0 Å². The van der Waals surface area contributed by atoms with Gasteiger partial charge in [0.25, 0.3) is 11.6 Å². The van der Waals surface area contributed by atoms with Crippen LogP contribution in [0.3, 0.4) is 0 Å². The van der Waals surface area contributed by atoms with Crippen molar-refractivity contribution in [2.75, 3.05) is 6.54 Å². The van der Waals surface area contributed by atoms with Crippen LogP contribution >= 0.6 is 0 Å². The average Bonchev–Trinajstić information content (AvgIpc) is 3.18. The number of carbonyl (C=O) groups excluding carboxylic acids is 1. The van der Waals surface area contributed by atoms with Crippen molar-refractivity contribution in [1.82, 2.24) is 19.9 Å². The van der Waals surface area contributed by atoms with Gasteiger partial charge in [-0.1, -0.05) is 31.0 Å². The van der Waals surface area contributed by atoms with Crippen molar-refractivity contribution in [2.24, 2.45) is 11.8 Å². The van der Waals surface area contributed by atoms with Gasteiger partial charge in [0.2, 0.25) is 0 Å². The fraction of sp³-hybridized carbons (Fsp3) is 0.526. The highest BCUT2D eigenvalue weighted by Gasteiger charge is 2.40. The maximum atomic E-state index is 13.1. The molecule has 1 aromatic carbocycles. The lowest BCUT2D eigenvalue weighted by Crippen LogP contribution is -2.52. The van der Waals surface area contributed by atoms with Gasteiger partial charge in [-0.2, -0.15) is 0 Å². The van der Waals surface area contributed by atoms with Crippen molar-refractivity contribution in [3.8, 4) is 5.69 Å². The molecule has 8 nitrogen and oxygen atoms in total. The summed E-state index contributed by atoms with van der Waals surface area (Å²) in [6.45, 7) is 3.05. The van der Waals surface area contributed by atoms with Crippen LogP contribution in [0.15, 0.2) is 30.5 Å². The van der Waals surface area contributed by atoms with Gasteiger partial charge in [0.1, 0.15) is 0 Å². The number of benzene rings is 1. The molecule has 0 radical (unpaired) electrons. The van der Waals surface area contributed by atoms with Gasteiger partial charge in [0, 0.05) is 24.7 Å². The van der Waals surface area contributed by atoms with E-state index < -0.39 is 4.92 Å². The van der Waals surface area contributed by atoms with E-state index in [1.54, 1.807) is 18.3 Å². The number of fused-ring (bicyclic) bond motifs is 1. The highest BCUT2D eigenvalue weighted by Crippen LogP contribution is 2.39. The minimum Gasteiger partial charge on any atom is -0.334 e. The molecule has 2 aromatic rings. The monoisotopic (exact) mass is 369 g/mol. The summed E-state index contributed by atoms with van der Waals surface area (Å²) in [6.07, 6.45) is 7.24. The fourth-order valence-corrected chi connectivity index (χ4v) is 4.55. The Morgan fingerprint density at radius 2 is 2.07 bits per heavy atom. The molecule has 1 aliphatic heterocycles. The zero-order valence-corrected chi connectivity index (χ0v) is 15.3. The number of nitro benzene ring substituents is 1. The number of likely N-dealkylation sites (tertiary alicyclic amines) is 1. The van der Waals surface area contributed by atoms with E-state index in [0.29, 0.717) is 23.2 Å². The van der Waals surface area contributed by atoms with Crippen molar-refractivity contribution in [3.63, 3.8) is 0 Å². The lowest BCUT2D eigenvalue weighted by molar-refractivity contribution is -0.384. The molecular formula is C19H23N5O3. The molecule has 8 heteroatoms. The highest BCUT2D eigenvalue weighted by molar-refractivity contribution is 5.92. The van der Waals surface area contributed by atoms with Crippen molar-refractivity contribution < 1.29 is 9.72 Å². The van der Waals surface area contributed by atoms with Crippen LogP contribution in [-0.4, -0.2) is 43.3 Å². The molecule has 0 N–H and O–H groups in total. The summed E-state index contributed by atoms with van der Waals surface area (Å²) in [5, 5.41) is 19.0. The Balaban J connectivity index is 1.57. The number of carbonyl (C=O) groups is 1. The van der Waals surface area contributed by atoms with Crippen molar-refractivity contribution >= 4 is 11.6 Å². The van der Waals surface area contributed by atoms with Gasteiger partial charge in [-0.15, -0.1) is 5.10 Å². The first-order valence-corrected chi connectivity index (χ1v) is 9.53. The molecule has 1 aliphatic carbocycles. The number of nitro groups is 1. The second kappa shape index (κ2) is 7.09. The van der Waals surface area contributed by atoms with Crippen LogP contribution in [0.4, 0.5) is 5.69 Å². The quantitative estimate of drug-likeness (QED) is 0.611. The van der Waals surface area contributed by atoms with Crippen LogP contribution in [0.5, 0.6) is 0 Å². The van der Waals surface area contributed by atoms with Crippen molar-refractivity contribution in [1.29, 1.82) is 0 Å². The number of hydrogen-bond donors (Lipinski definition) is 0. The number of aromatic nitrogens is 3. The molecule has 1 amide bonds. The summed E-state index contributed by atoms with van der Waals surface area (Å²) >= 11 is 0. The Kier molecular flexibility index (Phi) is 4.63. The predicted molar refractivity (Wildman–Crippen MR) is 98.6 cm³/mol. The molecule has 3 unspecified atom stereocenters. The molecule has 2 fully saturated rings. The van der Waals surface area contributed by atoms with Crippen LogP contribution in [0.1, 0.15) is 49.5 Å². The van der Waals surface area contributed by atoms with E-state index in [9.17, 15) is 14.9 Å². The van der Waals surface area contributed by atoms with Gasteiger partial charge >= 0.3 is 0 Å². The zero-order valence-electron chi connectivity index (χ0n) is 15.3. The third-order valence-corrected chi connectivity index (χ3v) is 6.02. The predicted octanol–water partition coefficient (Wildman–Crippen LogP) is 3.22. The molecule has 0 bridgehead atoms. The van der Waals surface area contributed by atoms with Gasteiger partial charge in [0.05, 0.1) is 16.8 Å². The first kappa shape index (κ1) is 17.6. The summed E-state index contributed by atoms with van der Waals surface area (Å²) in [6, 6.07) is 6.43. The van der Waals surface area contributed by atoms with Gasteiger partial charge < -0.3 is 4.90 Å². The number of piperidine rings is 1. The first-order chi connectivity index (χ1) is 13.0. The van der Waals surface area contributed by atoms with Crippen LogP contribution in [0.2, 0.25) is 0 Å². The van der Waals surface area contributed by atoms with Crippen molar-refractivity contribution in [3.05, 3.63) is 46.3 Å². The molecule has 0 spiro atoms. The van der Waals surface area contributed by atoms with Crippen LogP contribution in [0.25, 0.3) is 5.69 Å². The lowest BCUT2D eigenvalue weighted by Gasteiger charge is -2.47. The molecule has 142 valence electrons. The van der Waals surface area contributed by atoms with E-state index in [2.05, 4.69) is 17.2 Å². The Hall–Kier alpha value is -2.77. The minimum atomic E-state index is -0.454. The molecule has 1 saturated carbocycles. The summed E-state index contributed by atoms with van der Waals surface area (Å²) in [5.41, 5.74) is 0.782. The molecule has 2 heterocycles. The van der Waals surface area contributed by atoms with Gasteiger partial charge in [0.15, 0.2) is 5.69 Å².